The molecule has 2 aliphatic rings. The number of rotatable bonds is 7. The number of anilines is 1. The van der Waals surface area contributed by atoms with E-state index in [4.69, 9.17) is 0 Å². The first-order chi connectivity index (χ1) is 15.3. The van der Waals surface area contributed by atoms with Crippen molar-refractivity contribution in [2.24, 2.45) is 0 Å². The molecular formula is C21H27N3O5S3. The van der Waals surface area contributed by atoms with E-state index in [1.807, 2.05) is 17.5 Å². The number of carbonyl (C=O) groups is 1. The molecular weight excluding hydrogens is 470 g/mol. The minimum absolute atomic E-state index is 0.0329. The van der Waals surface area contributed by atoms with Crippen molar-refractivity contribution >= 4 is 43.0 Å². The molecule has 2 saturated heterocycles. The molecule has 2 aromatic rings. The van der Waals surface area contributed by atoms with Crippen LogP contribution >= 0.6 is 11.3 Å². The second kappa shape index (κ2) is 9.60. The van der Waals surface area contributed by atoms with Crippen LogP contribution in [0.2, 0.25) is 0 Å². The van der Waals surface area contributed by atoms with Crippen LogP contribution in [-0.4, -0.2) is 53.0 Å². The quantitative estimate of drug-likeness (QED) is 0.631. The van der Waals surface area contributed by atoms with Crippen LogP contribution in [0.5, 0.6) is 0 Å². The van der Waals surface area contributed by atoms with Gasteiger partial charge in [-0.3, -0.25) is 9.69 Å². The van der Waals surface area contributed by atoms with E-state index in [0.717, 1.165) is 35.1 Å². The van der Waals surface area contributed by atoms with Crippen molar-refractivity contribution < 1.29 is 21.6 Å². The summed E-state index contributed by atoms with van der Waals surface area (Å²) in [5.41, 5.74) is 0.160. The minimum Gasteiger partial charge on any atom is -0.294 e. The van der Waals surface area contributed by atoms with Crippen LogP contribution in [0.4, 0.5) is 5.69 Å². The summed E-state index contributed by atoms with van der Waals surface area (Å²) < 4.78 is 53.6. The molecule has 1 aromatic heterocycles. The van der Waals surface area contributed by atoms with Crippen LogP contribution in [0.15, 0.2) is 46.7 Å². The van der Waals surface area contributed by atoms with Crippen molar-refractivity contribution in [3.63, 3.8) is 0 Å². The highest BCUT2D eigenvalue weighted by Crippen LogP contribution is 2.29. The van der Waals surface area contributed by atoms with Crippen molar-refractivity contribution in [3.8, 4) is 0 Å². The Hall–Kier alpha value is -1.79. The lowest BCUT2D eigenvalue weighted by Crippen LogP contribution is -2.38. The Morgan fingerprint density at radius 3 is 2.28 bits per heavy atom. The zero-order chi connectivity index (χ0) is 22.8. The van der Waals surface area contributed by atoms with Gasteiger partial charge in [0.05, 0.1) is 22.4 Å². The molecule has 0 aliphatic carbocycles. The number of amides is 1. The molecule has 0 saturated carbocycles. The van der Waals surface area contributed by atoms with Crippen LogP contribution in [0, 0.1) is 0 Å². The van der Waals surface area contributed by atoms with E-state index >= 15 is 0 Å². The zero-order valence-electron chi connectivity index (χ0n) is 17.6. The van der Waals surface area contributed by atoms with Crippen LogP contribution in [0.3, 0.4) is 0 Å². The van der Waals surface area contributed by atoms with E-state index in [1.165, 1.54) is 37.1 Å². The third kappa shape index (κ3) is 5.07. The lowest BCUT2D eigenvalue weighted by Gasteiger charge is -2.30. The standard InChI is InChI=1S/C21H27N3O5S3/c25-21-11-15-31(26,27)24(21)17-7-9-18(10-8-17)32(28,29)22-16-19(20-6-5-14-30-20)23-12-3-1-2-4-13-23/h5-10,14,19,22H,1-4,11-13,15-16H2. The van der Waals surface area contributed by atoms with Gasteiger partial charge >= 0.3 is 0 Å². The fraction of sp³-hybridized carbons (Fsp3) is 0.476. The first-order valence-corrected chi connectivity index (χ1v) is 14.7. The largest absolute Gasteiger partial charge is 0.294 e. The third-order valence-electron chi connectivity index (χ3n) is 5.88. The van der Waals surface area contributed by atoms with Crippen LogP contribution in [0.1, 0.15) is 43.0 Å². The molecule has 4 rings (SSSR count). The van der Waals surface area contributed by atoms with Gasteiger partial charge in [0.2, 0.25) is 26.0 Å². The molecule has 1 aromatic carbocycles. The Kier molecular flexibility index (Phi) is 7.01. The van der Waals surface area contributed by atoms with Gasteiger partial charge in [0.25, 0.3) is 0 Å². The van der Waals surface area contributed by atoms with Gasteiger partial charge in [-0.2, -0.15) is 0 Å². The van der Waals surface area contributed by atoms with E-state index in [-0.39, 0.29) is 35.3 Å². The van der Waals surface area contributed by atoms with Gasteiger partial charge in [0, 0.05) is 17.8 Å². The maximum atomic E-state index is 13.0. The average Bonchev–Trinajstić information content (AvgIpc) is 3.28. The average molecular weight is 498 g/mol. The summed E-state index contributed by atoms with van der Waals surface area (Å²) in [5, 5.41) is 2.00. The lowest BCUT2D eigenvalue weighted by atomic mass is 10.2. The van der Waals surface area contributed by atoms with Gasteiger partial charge in [-0.1, -0.05) is 18.9 Å². The summed E-state index contributed by atoms with van der Waals surface area (Å²) in [4.78, 5) is 15.5. The summed E-state index contributed by atoms with van der Waals surface area (Å²) in [7, 11) is -7.49. The van der Waals surface area contributed by atoms with E-state index in [9.17, 15) is 21.6 Å². The number of benzene rings is 1. The third-order valence-corrected chi connectivity index (χ3v) is 9.98. The Bertz CT molecular complexity index is 1140. The van der Waals surface area contributed by atoms with E-state index in [0.29, 0.717) is 0 Å². The van der Waals surface area contributed by atoms with Crippen molar-refractivity contribution in [2.45, 2.75) is 43.0 Å². The first kappa shape index (κ1) is 23.4. The Labute approximate surface area is 193 Å². The van der Waals surface area contributed by atoms with Gasteiger partial charge in [0.1, 0.15) is 0 Å². The molecule has 8 nitrogen and oxygen atoms in total. The number of thiophene rings is 1. The molecule has 0 bridgehead atoms. The highest BCUT2D eigenvalue weighted by Gasteiger charge is 2.36. The smallest absolute Gasteiger partial charge is 0.242 e. The van der Waals surface area contributed by atoms with Crippen LogP contribution in [-0.2, 0) is 24.8 Å². The monoisotopic (exact) mass is 497 g/mol. The molecule has 1 amide bonds. The van der Waals surface area contributed by atoms with Gasteiger partial charge in [0.15, 0.2) is 0 Å². The summed E-state index contributed by atoms with van der Waals surface area (Å²) in [6.45, 7) is 2.14. The number of nitrogens with zero attached hydrogens (tertiary/aromatic N) is 2. The molecule has 1 unspecified atom stereocenters. The Balaban J connectivity index is 1.50. The highest BCUT2D eigenvalue weighted by atomic mass is 32.2. The number of hydrogen-bond donors (Lipinski definition) is 1. The predicted molar refractivity (Wildman–Crippen MR) is 125 cm³/mol. The van der Waals surface area contributed by atoms with Crippen molar-refractivity contribution in [1.82, 2.24) is 9.62 Å². The predicted octanol–water partition coefficient (Wildman–Crippen LogP) is 2.71. The van der Waals surface area contributed by atoms with Gasteiger partial charge in [-0.05, 0) is 61.6 Å². The second-order valence-electron chi connectivity index (χ2n) is 8.05. The molecule has 1 N–H and O–H groups in total. The maximum Gasteiger partial charge on any atom is 0.242 e. The molecule has 0 spiro atoms. The molecule has 1 atom stereocenters. The van der Waals surface area contributed by atoms with Gasteiger partial charge in [-0.15, -0.1) is 11.3 Å². The highest BCUT2D eigenvalue weighted by molar-refractivity contribution is 7.94. The normalized spacial score (nSPS) is 20.9. The number of likely N-dealkylation sites (tertiary alicyclic amines) is 1. The van der Waals surface area contributed by atoms with E-state index in [1.54, 1.807) is 11.3 Å². The fourth-order valence-corrected chi connectivity index (χ4v) is 7.56. The summed E-state index contributed by atoms with van der Waals surface area (Å²) in [6.07, 6.45) is 4.54. The lowest BCUT2D eigenvalue weighted by molar-refractivity contribution is -0.116. The fourth-order valence-electron chi connectivity index (χ4n) is 4.20. The zero-order valence-corrected chi connectivity index (χ0v) is 20.1. The number of carbonyl (C=O) groups excluding carboxylic acids is 1. The SMILES string of the molecule is O=C1CCS(=O)(=O)N1c1ccc(S(=O)(=O)NCC(c2cccs2)N2CCCCCC2)cc1. The maximum absolute atomic E-state index is 13.0. The van der Waals surface area contributed by atoms with Crippen molar-refractivity contribution in [2.75, 3.05) is 29.7 Å². The van der Waals surface area contributed by atoms with E-state index in [2.05, 4.69) is 9.62 Å². The molecule has 174 valence electrons. The molecule has 0 radical (unpaired) electrons. The van der Waals surface area contributed by atoms with Crippen LogP contribution < -0.4 is 9.03 Å². The molecule has 32 heavy (non-hydrogen) atoms. The number of hydrogen-bond acceptors (Lipinski definition) is 7. The summed E-state index contributed by atoms with van der Waals surface area (Å²) >= 11 is 1.62. The molecule has 2 aliphatic heterocycles. The molecule has 3 heterocycles. The van der Waals surface area contributed by atoms with Gasteiger partial charge in [-0.25, -0.2) is 25.9 Å². The number of nitrogens with one attached hydrogen (secondary N) is 1. The summed E-state index contributed by atoms with van der Waals surface area (Å²) in [5.74, 6) is -0.733. The van der Waals surface area contributed by atoms with Crippen molar-refractivity contribution in [1.29, 1.82) is 0 Å². The Morgan fingerprint density at radius 1 is 1.03 bits per heavy atom. The van der Waals surface area contributed by atoms with E-state index < -0.39 is 26.0 Å². The van der Waals surface area contributed by atoms with Crippen molar-refractivity contribution in [3.05, 3.63) is 46.7 Å². The van der Waals surface area contributed by atoms with Crippen LogP contribution in [0.25, 0.3) is 0 Å². The first-order valence-electron chi connectivity index (χ1n) is 10.7. The Morgan fingerprint density at radius 2 is 1.72 bits per heavy atom. The number of sulfonamides is 2. The molecule has 11 heteroatoms. The van der Waals surface area contributed by atoms with Gasteiger partial charge < -0.3 is 0 Å². The topological polar surface area (TPSA) is 104 Å². The second-order valence-corrected chi connectivity index (χ2v) is 12.7. The summed E-state index contributed by atoms with van der Waals surface area (Å²) in [6, 6.07) is 9.38. The minimum atomic E-state index is -3.80. The molecule has 2 fully saturated rings.